The molecule has 5 heteroatoms. The van der Waals surface area contributed by atoms with Crippen LogP contribution in [0.15, 0.2) is 53.2 Å². The van der Waals surface area contributed by atoms with Crippen molar-refractivity contribution in [2.45, 2.75) is 26.6 Å². The number of esters is 1. The molecule has 1 aromatic carbocycles. The molecule has 0 unspecified atom stereocenters. The van der Waals surface area contributed by atoms with E-state index in [-0.39, 0.29) is 12.6 Å². The highest BCUT2D eigenvalue weighted by Gasteiger charge is 2.19. The van der Waals surface area contributed by atoms with E-state index in [1.165, 1.54) is 0 Å². The van der Waals surface area contributed by atoms with Crippen LogP contribution in [0.1, 0.15) is 23.8 Å². The molecule has 23 heavy (non-hydrogen) atoms. The average molecular weight is 313 g/mol. The molecular weight excluding hydrogens is 294 g/mol. The Labute approximate surface area is 135 Å². The van der Waals surface area contributed by atoms with Gasteiger partial charge in [-0.2, -0.15) is 0 Å². The Kier molecular flexibility index (Phi) is 4.48. The summed E-state index contributed by atoms with van der Waals surface area (Å²) in [5, 5.41) is 0. The number of nitrogens with zero attached hydrogens (tertiary/aromatic N) is 1. The largest absolute Gasteiger partial charge is 0.478 e. The predicted octanol–water partition coefficient (Wildman–Crippen LogP) is 3.25. The number of carbonyl (C=O) groups is 1. The SMILES string of the molecule is C=C(C)C(=O)OCc1ccc2c(c1)CN(Cc1ccco1)CO2. The molecule has 5 nitrogen and oxygen atoms in total. The smallest absolute Gasteiger partial charge is 0.333 e. The summed E-state index contributed by atoms with van der Waals surface area (Å²) in [6.45, 7) is 7.42. The number of hydrogen-bond donors (Lipinski definition) is 0. The molecule has 2 aromatic rings. The number of benzene rings is 1. The summed E-state index contributed by atoms with van der Waals surface area (Å²) in [5.41, 5.74) is 2.41. The molecule has 1 aliphatic rings. The molecule has 0 amide bonds. The van der Waals surface area contributed by atoms with Gasteiger partial charge in [-0.05, 0) is 36.8 Å². The molecule has 0 saturated heterocycles. The molecule has 0 fully saturated rings. The Morgan fingerprint density at radius 2 is 2.26 bits per heavy atom. The van der Waals surface area contributed by atoms with E-state index in [1.54, 1.807) is 13.2 Å². The average Bonchev–Trinajstić information content (AvgIpc) is 3.05. The van der Waals surface area contributed by atoms with E-state index < -0.39 is 0 Å². The Hall–Kier alpha value is -2.53. The molecule has 0 aliphatic carbocycles. The fourth-order valence-electron chi connectivity index (χ4n) is 2.43. The summed E-state index contributed by atoms with van der Waals surface area (Å²) < 4.78 is 16.3. The first kappa shape index (κ1) is 15.4. The van der Waals surface area contributed by atoms with Crippen LogP contribution in [-0.2, 0) is 29.2 Å². The van der Waals surface area contributed by atoms with Crippen LogP contribution < -0.4 is 4.74 Å². The first-order valence-electron chi connectivity index (χ1n) is 7.44. The third kappa shape index (κ3) is 3.81. The van der Waals surface area contributed by atoms with Crippen molar-refractivity contribution in [1.29, 1.82) is 0 Å². The summed E-state index contributed by atoms with van der Waals surface area (Å²) in [7, 11) is 0. The Morgan fingerprint density at radius 3 is 3.00 bits per heavy atom. The van der Waals surface area contributed by atoms with E-state index in [9.17, 15) is 4.79 Å². The summed E-state index contributed by atoms with van der Waals surface area (Å²) >= 11 is 0. The second-order valence-electron chi connectivity index (χ2n) is 5.64. The van der Waals surface area contributed by atoms with Gasteiger partial charge in [-0.1, -0.05) is 12.6 Å². The molecule has 0 saturated carbocycles. The fraction of sp³-hybridized carbons (Fsp3) is 0.278. The zero-order valence-electron chi connectivity index (χ0n) is 13.1. The van der Waals surface area contributed by atoms with Crippen LogP contribution in [0.4, 0.5) is 0 Å². The molecule has 1 aromatic heterocycles. The number of rotatable bonds is 5. The van der Waals surface area contributed by atoms with Crippen molar-refractivity contribution in [1.82, 2.24) is 4.90 Å². The Bertz CT molecular complexity index is 706. The molecule has 1 aliphatic heterocycles. The van der Waals surface area contributed by atoms with Crippen molar-refractivity contribution >= 4 is 5.97 Å². The maximum atomic E-state index is 11.5. The lowest BCUT2D eigenvalue weighted by Gasteiger charge is -2.28. The highest BCUT2D eigenvalue weighted by molar-refractivity contribution is 5.86. The van der Waals surface area contributed by atoms with Gasteiger partial charge in [0.25, 0.3) is 0 Å². The maximum absolute atomic E-state index is 11.5. The van der Waals surface area contributed by atoms with Gasteiger partial charge in [0.1, 0.15) is 24.8 Å². The summed E-state index contributed by atoms with van der Waals surface area (Å²) in [5.74, 6) is 1.40. The van der Waals surface area contributed by atoms with Gasteiger partial charge < -0.3 is 13.9 Å². The molecule has 0 bridgehead atoms. The van der Waals surface area contributed by atoms with Gasteiger partial charge in [-0.25, -0.2) is 4.79 Å². The van der Waals surface area contributed by atoms with Crippen molar-refractivity contribution in [3.05, 3.63) is 65.6 Å². The maximum Gasteiger partial charge on any atom is 0.333 e. The number of fused-ring (bicyclic) bond motifs is 1. The first-order chi connectivity index (χ1) is 11.1. The molecule has 3 rings (SSSR count). The lowest BCUT2D eigenvalue weighted by Crippen LogP contribution is -2.31. The van der Waals surface area contributed by atoms with Crippen LogP contribution in [0, 0.1) is 0 Å². The molecule has 0 N–H and O–H groups in total. The third-order valence-electron chi connectivity index (χ3n) is 3.60. The molecule has 120 valence electrons. The third-order valence-corrected chi connectivity index (χ3v) is 3.60. The van der Waals surface area contributed by atoms with Crippen LogP contribution in [0.25, 0.3) is 0 Å². The van der Waals surface area contributed by atoms with Crippen LogP contribution in [0.2, 0.25) is 0 Å². The van der Waals surface area contributed by atoms with E-state index in [0.29, 0.717) is 18.8 Å². The normalized spacial score (nSPS) is 14.0. The number of ether oxygens (including phenoxy) is 2. The van der Waals surface area contributed by atoms with Gasteiger partial charge in [0, 0.05) is 17.7 Å². The van der Waals surface area contributed by atoms with Gasteiger partial charge in [0.05, 0.1) is 12.8 Å². The second-order valence-corrected chi connectivity index (χ2v) is 5.64. The minimum absolute atomic E-state index is 0.233. The van der Waals surface area contributed by atoms with E-state index >= 15 is 0 Å². The van der Waals surface area contributed by atoms with Gasteiger partial charge >= 0.3 is 5.97 Å². The van der Waals surface area contributed by atoms with E-state index in [1.807, 2.05) is 30.3 Å². The lowest BCUT2D eigenvalue weighted by molar-refractivity contribution is -0.140. The predicted molar refractivity (Wildman–Crippen MR) is 84.5 cm³/mol. The van der Waals surface area contributed by atoms with Crippen molar-refractivity contribution in [3.63, 3.8) is 0 Å². The standard InChI is InChI=1S/C18H19NO4/c1-13(2)18(20)22-11-14-5-6-17-15(8-14)9-19(12-23-17)10-16-4-3-7-21-16/h3-8H,1,9-12H2,2H3. The van der Waals surface area contributed by atoms with Crippen molar-refractivity contribution in [2.24, 2.45) is 0 Å². The topological polar surface area (TPSA) is 51.9 Å². The Balaban J connectivity index is 1.65. The lowest BCUT2D eigenvalue weighted by atomic mass is 10.1. The Morgan fingerprint density at radius 1 is 1.39 bits per heavy atom. The van der Waals surface area contributed by atoms with Crippen LogP contribution in [-0.4, -0.2) is 17.6 Å². The van der Waals surface area contributed by atoms with Gasteiger partial charge in [-0.3, -0.25) is 4.90 Å². The first-order valence-corrected chi connectivity index (χ1v) is 7.44. The van der Waals surface area contributed by atoms with Crippen molar-refractivity contribution in [2.75, 3.05) is 6.73 Å². The fourth-order valence-corrected chi connectivity index (χ4v) is 2.43. The van der Waals surface area contributed by atoms with E-state index in [2.05, 4.69) is 11.5 Å². The minimum atomic E-state index is -0.376. The highest BCUT2D eigenvalue weighted by atomic mass is 16.5. The summed E-state index contributed by atoms with van der Waals surface area (Å²) in [6, 6.07) is 9.66. The zero-order valence-corrected chi connectivity index (χ0v) is 13.1. The van der Waals surface area contributed by atoms with Gasteiger partial charge in [0.15, 0.2) is 0 Å². The van der Waals surface area contributed by atoms with Gasteiger partial charge in [0.2, 0.25) is 0 Å². The molecule has 0 atom stereocenters. The number of hydrogen-bond acceptors (Lipinski definition) is 5. The molecular formula is C18H19NO4. The van der Waals surface area contributed by atoms with E-state index in [0.717, 1.165) is 29.2 Å². The number of carbonyl (C=O) groups excluding carboxylic acids is 1. The van der Waals surface area contributed by atoms with Gasteiger partial charge in [-0.15, -0.1) is 0 Å². The quantitative estimate of drug-likeness (QED) is 0.626. The minimum Gasteiger partial charge on any atom is -0.478 e. The van der Waals surface area contributed by atoms with E-state index in [4.69, 9.17) is 13.9 Å². The van der Waals surface area contributed by atoms with Crippen LogP contribution in [0.3, 0.4) is 0 Å². The molecule has 0 spiro atoms. The summed E-state index contributed by atoms with van der Waals surface area (Å²) in [6.07, 6.45) is 1.67. The zero-order chi connectivity index (χ0) is 16.2. The van der Waals surface area contributed by atoms with Crippen molar-refractivity contribution < 1.29 is 18.7 Å². The van der Waals surface area contributed by atoms with Crippen molar-refractivity contribution in [3.8, 4) is 5.75 Å². The molecule has 0 radical (unpaired) electrons. The molecule has 2 heterocycles. The summed E-state index contributed by atoms with van der Waals surface area (Å²) in [4.78, 5) is 13.6. The highest BCUT2D eigenvalue weighted by Crippen LogP contribution is 2.27. The number of furan rings is 1. The van der Waals surface area contributed by atoms with Crippen LogP contribution in [0.5, 0.6) is 5.75 Å². The van der Waals surface area contributed by atoms with Crippen LogP contribution >= 0.6 is 0 Å². The monoisotopic (exact) mass is 313 g/mol. The second kappa shape index (κ2) is 6.71.